The molecule has 0 radical (unpaired) electrons. The van der Waals surface area contributed by atoms with E-state index in [-0.39, 0.29) is 0 Å². The van der Waals surface area contributed by atoms with E-state index in [0.29, 0.717) is 6.04 Å². The van der Waals surface area contributed by atoms with Crippen LogP contribution in [-0.2, 0) is 0 Å². The number of nitrogens with zero attached hydrogens (tertiary/aromatic N) is 1. The summed E-state index contributed by atoms with van der Waals surface area (Å²) < 4.78 is 1.01. The van der Waals surface area contributed by atoms with E-state index in [1.54, 1.807) is 0 Å². The number of likely N-dealkylation sites (N-methyl/N-ethyl adjacent to an activating group) is 1. The van der Waals surface area contributed by atoms with Gasteiger partial charge in [-0.05, 0) is 48.0 Å². The molecule has 0 aliphatic carbocycles. The average Bonchev–Trinajstić information content (AvgIpc) is 2.33. The molecule has 0 bridgehead atoms. The van der Waals surface area contributed by atoms with Gasteiger partial charge in [-0.3, -0.25) is 0 Å². The maximum Gasteiger partial charge on any atom is 0.0595 e. The Balaban J connectivity index is 2.20. The van der Waals surface area contributed by atoms with Crippen molar-refractivity contribution in [3.8, 4) is 0 Å². The van der Waals surface area contributed by atoms with E-state index in [4.69, 9.17) is 11.6 Å². The summed E-state index contributed by atoms with van der Waals surface area (Å²) in [6.45, 7) is 2.16. The molecule has 0 aromatic heterocycles. The monoisotopic (exact) mass is 302 g/mol. The van der Waals surface area contributed by atoms with Gasteiger partial charge in [-0.2, -0.15) is 0 Å². The van der Waals surface area contributed by atoms with Crippen LogP contribution in [0.25, 0.3) is 0 Å². The van der Waals surface area contributed by atoms with Crippen LogP contribution < -0.4 is 10.2 Å². The Hall–Kier alpha value is -0.250. The second-order valence-corrected chi connectivity index (χ2v) is 5.35. The van der Waals surface area contributed by atoms with Crippen LogP contribution in [0, 0.1) is 0 Å². The zero-order valence-corrected chi connectivity index (χ0v) is 11.7. The minimum absolute atomic E-state index is 0.583. The number of piperidine rings is 1. The van der Waals surface area contributed by atoms with Gasteiger partial charge in [0.2, 0.25) is 0 Å². The Labute approximate surface area is 110 Å². The van der Waals surface area contributed by atoms with Crippen molar-refractivity contribution in [2.75, 3.05) is 25.0 Å². The Bertz CT molecular complexity index is 370. The van der Waals surface area contributed by atoms with E-state index in [1.165, 1.54) is 18.5 Å². The van der Waals surface area contributed by atoms with Crippen molar-refractivity contribution < 1.29 is 0 Å². The minimum Gasteiger partial charge on any atom is -0.369 e. The quantitative estimate of drug-likeness (QED) is 0.902. The van der Waals surface area contributed by atoms with Gasteiger partial charge in [-0.1, -0.05) is 17.7 Å². The van der Waals surface area contributed by atoms with Gasteiger partial charge in [0.15, 0.2) is 0 Å². The molecule has 88 valence electrons. The lowest BCUT2D eigenvalue weighted by molar-refractivity contribution is 0.449. The van der Waals surface area contributed by atoms with Crippen LogP contribution >= 0.6 is 27.5 Å². The van der Waals surface area contributed by atoms with Crippen LogP contribution in [0.2, 0.25) is 5.02 Å². The van der Waals surface area contributed by atoms with Crippen LogP contribution in [0.3, 0.4) is 0 Å². The predicted molar refractivity (Wildman–Crippen MR) is 73.4 cm³/mol. The number of nitrogens with one attached hydrogen (secondary N) is 1. The predicted octanol–water partition coefficient (Wildman–Crippen LogP) is 3.29. The van der Waals surface area contributed by atoms with Crippen LogP contribution in [-0.4, -0.2) is 26.2 Å². The molecule has 0 amide bonds. The summed E-state index contributed by atoms with van der Waals surface area (Å²) in [7, 11) is 2.03. The third-order valence-electron chi connectivity index (χ3n) is 3.10. The van der Waals surface area contributed by atoms with Gasteiger partial charge in [-0.15, -0.1) is 0 Å². The summed E-state index contributed by atoms with van der Waals surface area (Å²) in [6.07, 6.45) is 2.48. The van der Waals surface area contributed by atoms with Crippen LogP contribution in [0.4, 0.5) is 5.69 Å². The van der Waals surface area contributed by atoms with Crippen molar-refractivity contribution in [3.05, 3.63) is 27.7 Å². The van der Waals surface area contributed by atoms with Crippen molar-refractivity contribution in [2.45, 2.75) is 18.9 Å². The topological polar surface area (TPSA) is 15.3 Å². The largest absolute Gasteiger partial charge is 0.369 e. The fourth-order valence-corrected chi connectivity index (χ4v) is 2.85. The molecular weight excluding hydrogens is 288 g/mol. The molecule has 0 spiro atoms. The lowest BCUT2D eigenvalue weighted by Crippen LogP contribution is -2.44. The molecule has 1 aliphatic rings. The lowest BCUT2D eigenvalue weighted by Gasteiger charge is -2.35. The minimum atomic E-state index is 0.583. The van der Waals surface area contributed by atoms with Gasteiger partial charge in [-0.25, -0.2) is 0 Å². The molecule has 1 atom stereocenters. The third kappa shape index (κ3) is 2.53. The van der Waals surface area contributed by atoms with Crippen molar-refractivity contribution in [1.82, 2.24) is 5.32 Å². The van der Waals surface area contributed by atoms with E-state index >= 15 is 0 Å². The van der Waals surface area contributed by atoms with E-state index in [9.17, 15) is 0 Å². The maximum absolute atomic E-state index is 6.11. The van der Waals surface area contributed by atoms with Crippen molar-refractivity contribution >= 4 is 33.2 Å². The van der Waals surface area contributed by atoms with Gasteiger partial charge in [0.05, 0.1) is 15.2 Å². The number of hydrogen-bond acceptors (Lipinski definition) is 2. The summed E-state index contributed by atoms with van der Waals surface area (Å²) in [6, 6.07) is 6.62. The zero-order chi connectivity index (χ0) is 11.5. The molecule has 1 N–H and O–H groups in total. The van der Waals surface area contributed by atoms with E-state index in [0.717, 1.165) is 22.6 Å². The highest BCUT2D eigenvalue weighted by Crippen LogP contribution is 2.34. The second-order valence-electron chi connectivity index (χ2n) is 4.15. The van der Waals surface area contributed by atoms with Gasteiger partial charge >= 0.3 is 0 Å². The molecule has 1 unspecified atom stereocenters. The Morgan fingerprint density at radius 3 is 3.06 bits per heavy atom. The van der Waals surface area contributed by atoms with Gasteiger partial charge in [0.25, 0.3) is 0 Å². The first-order valence-corrected chi connectivity index (χ1v) is 6.75. The first kappa shape index (κ1) is 12.2. The molecule has 1 aromatic rings. The molecule has 1 aliphatic heterocycles. The second kappa shape index (κ2) is 5.39. The standard InChI is InChI=1S/C12H16BrClN2/c1-15-9-4-3-7-16(8-9)11-6-2-5-10(14)12(11)13/h2,5-6,9,15H,3-4,7-8H2,1H3. The molecular formula is C12H16BrClN2. The summed E-state index contributed by atoms with van der Waals surface area (Å²) in [5, 5.41) is 4.13. The lowest BCUT2D eigenvalue weighted by atomic mass is 10.1. The number of benzene rings is 1. The van der Waals surface area contributed by atoms with Crippen LogP contribution in [0.1, 0.15) is 12.8 Å². The normalized spacial score (nSPS) is 21.2. The fraction of sp³-hybridized carbons (Fsp3) is 0.500. The molecule has 2 nitrogen and oxygen atoms in total. The first-order chi connectivity index (χ1) is 7.72. The van der Waals surface area contributed by atoms with Crippen LogP contribution in [0.5, 0.6) is 0 Å². The summed E-state index contributed by atoms with van der Waals surface area (Å²) in [5.74, 6) is 0. The van der Waals surface area contributed by atoms with E-state index in [1.807, 2.05) is 19.2 Å². The Morgan fingerprint density at radius 2 is 2.31 bits per heavy atom. The fourth-order valence-electron chi connectivity index (χ4n) is 2.17. The highest BCUT2D eigenvalue weighted by atomic mass is 79.9. The number of hydrogen-bond donors (Lipinski definition) is 1. The number of halogens is 2. The molecule has 16 heavy (non-hydrogen) atoms. The van der Waals surface area contributed by atoms with E-state index < -0.39 is 0 Å². The first-order valence-electron chi connectivity index (χ1n) is 5.58. The van der Waals surface area contributed by atoms with Crippen molar-refractivity contribution in [2.24, 2.45) is 0 Å². The summed E-state index contributed by atoms with van der Waals surface area (Å²) in [4.78, 5) is 2.39. The highest BCUT2D eigenvalue weighted by Gasteiger charge is 2.20. The molecule has 4 heteroatoms. The van der Waals surface area contributed by atoms with Crippen molar-refractivity contribution in [3.63, 3.8) is 0 Å². The number of anilines is 1. The maximum atomic E-state index is 6.11. The molecule has 1 fully saturated rings. The van der Waals surface area contributed by atoms with Gasteiger partial charge in [0, 0.05) is 19.1 Å². The van der Waals surface area contributed by atoms with Crippen molar-refractivity contribution in [1.29, 1.82) is 0 Å². The highest BCUT2D eigenvalue weighted by molar-refractivity contribution is 9.10. The summed E-state index contributed by atoms with van der Waals surface area (Å²) in [5.41, 5.74) is 1.20. The molecule has 2 rings (SSSR count). The zero-order valence-electron chi connectivity index (χ0n) is 9.34. The van der Waals surface area contributed by atoms with Gasteiger partial charge < -0.3 is 10.2 Å². The molecule has 1 saturated heterocycles. The average molecular weight is 304 g/mol. The van der Waals surface area contributed by atoms with E-state index in [2.05, 4.69) is 32.2 Å². The third-order valence-corrected chi connectivity index (χ3v) is 4.48. The van der Waals surface area contributed by atoms with Crippen LogP contribution in [0.15, 0.2) is 22.7 Å². The Kier molecular flexibility index (Phi) is 4.11. The molecule has 1 heterocycles. The molecule has 1 aromatic carbocycles. The SMILES string of the molecule is CNC1CCCN(c2cccc(Cl)c2Br)C1. The number of rotatable bonds is 2. The Morgan fingerprint density at radius 1 is 1.50 bits per heavy atom. The summed E-state index contributed by atoms with van der Waals surface area (Å²) >= 11 is 9.68. The smallest absolute Gasteiger partial charge is 0.0595 e. The van der Waals surface area contributed by atoms with Gasteiger partial charge in [0.1, 0.15) is 0 Å². The molecule has 0 saturated carbocycles.